The van der Waals surface area contributed by atoms with Crippen LogP contribution in [0.25, 0.3) is 6.08 Å². The molecule has 0 spiro atoms. The van der Waals surface area contributed by atoms with E-state index in [-0.39, 0.29) is 6.61 Å². The molecule has 0 bridgehead atoms. The first-order valence-electron chi connectivity index (χ1n) is 11.1. The molecule has 188 valence electrons. The minimum absolute atomic E-state index is 0.107. The molecule has 2 amide bonds. The third kappa shape index (κ3) is 8.13. The molecule has 0 saturated carbocycles. The predicted molar refractivity (Wildman–Crippen MR) is 147 cm³/mol. The number of alkyl carbamates (subject to hydrolysis) is 1. The number of methoxy groups -OCH3 is 1. The molecule has 2 N–H and O–H groups in total. The van der Waals surface area contributed by atoms with Gasteiger partial charge in [0.2, 0.25) is 5.91 Å². The van der Waals surface area contributed by atoms with Crippen molar-refractivity contribution >= 4 is 55.6 Å². The van der Waals surface area contributed by atoms with Crippen molar-refractivity contribution in [2.24, 2.45) is 0 Å². The number of carbonyl (C=O) groups is 2. The highest BCUT2D eigenvalue weighted by molar-refractivity contribution is 9.28. The van der Waals surface area contributed by atoms with Crippen LogP contribution in [-0.4, -0.2) is 25.2 Å². The van der Waals surface area contributed by atoms with Crippen LogP contribution >= 0.6 is 31.9 Å². The molecule has 0 aliphatic heterocycles. The molecular weight excluding hydrogens is 592 g/mol. The van der Waals surface area contributed by atoms with Gasteiger partial charge in [-0.2, -0.15) is 0 Å². The molecule has 0 aliphatic carbocycles. The minimum Gasteiger partial charge on any atom is -0.493 e. The average Bonchev–Trinajstić information content (AvgIpc) is 2.88. The molecule has 0 aliphatic rings. The van der Waals surface area contributed by atoms with Crippen LogP contribution in [-0.2, 0) is 22.7 Å². The molecule has 0 saturated heterocycles. The summed E-state index contributed by atoms with van der Waals surface area (Å²) in [5, 5.41) is 5.40. The zero-order valence-corrected chi connectivity index (χ0v) is 23.0. The quantitative estimate of drug-likeness (QED) is 0.267. The highest BCUT2D eigenvalue weighted by Gasteiger charge is 2.21. The molecule has 9 heteroatoms. The molecule has 0 unspecified atom stereocenters. The molecule has 0 radical (unpaired) electrons. The topological polar surface area (TPSA) is 85.9 Å². The lowest BCUT2D eigenvalue weighted by Gasteiger charge is -2.19. The average molecular weight is 618 g/mol. The van der Waals surface area contributed by atoms with Gasteiger partial charge >= 0.3 is 6.09 Å². The van der Waals surface area contributed by atoms with Crippen molar-refractivity contribution in [3.05, 3.63) is 92.9 Å². The Kier molecular flexibility index (Phi) is 10.4. The van der Waals surface area contributed by atoms with Gasteiger partial charge in [0.15, 0.2) is 11.5 Å². The Balaban J connectivity index is 1.73. The molecule has 3 aromatic rings. The minimum atomic E-state index is -0.853. The monoisotopic (exact) mass is 616 g/mol. The lowest BCUT2D eigenvalue weighted by Crippen LogP contribution is -2.41. The predicted octanol–water partition coefficient (Wildman–Crippen LogP) is 6.62. The number of amides is 2. The Morgan fingerprint density at radius 2 is 1.53 bits per heavy atom. The van der Waals surface area contributed by atoms with Crippen molar-refractivity contribution in [1.82, 2.24) is 5.32 Å². The summed E-state index contributed by atoms with van der Waals surface area (Å²) in [7, 11) is 1.55. The number of carbonyl (C=O) groups excluding carboxylic acids is 2. The smallest absolute Gasteiger partial charge is 0.408 e. The van der Waals surface area contributed by atoms with E-state index >= 15 is 0 Å². The number of rotatable bonds is 10. The summed E-state index contributed by atoms with van der Waals surface area (Å²) in [6, 6.07) is 21.6. The van der Waals surface area contributed by atoms with E-state index < -0.39 is 18.0 Å². The summed E-state index contributed by atoms with van der Waals surface area (Å²) < 4.78 is 17.5. The van der Waals surface area contributed by atoms with Gasteiger partial charge in [0.25, 0.3) is 0 Å². The highest BCUT2D eigenvalue weighted by atomic mass is 79.9. The van der Waals surface area contributed by atoms with Crippen LogP contribution in [0.3, 0.4) is 0 Å². The van der Waals surface area contributed by atoms with Crippen LogP contribution in [0.15, 0.2) is 76.2 Å². The van der Waals surface area contributed by atoms with E-state index in [2.05, 4.69) is 42.5 Å². The molecule has 0 fully saturated rings. The van der Waals surface area contributed by atoms with Gasteiger partial charge < -0.3 is 24.8 Å². The highest BCUT2D eigenvalue weighted by Crippen LogP contribution is 2.39. The Morgan fingerprint density at radius 3 is 2.11 bits per heavy atom. The first-order valence-corrected chi connectivity index (χ1v) is 12.6. The summed E-state index contributed by atoms with van der Waals surface area (Å²) in [6.07, 6.45) is 1.07. The van der Waals surface area contributed by atoms with E-state index in [9.17, 15) is 9.59 Å². The summed E-state index contributed by atoms with van der Waals surface area (Å²) >= 11 is 6.76. The van der Waals surface area contributed by atoms with Gasteiger partial charge in [-0.3, -0.25) is 4.79 Å². The molecule has 3 aromatic carbocycles. The van der Waals surface area contributed by atoms with E-state index in [1.807, 2.05) is 60.7 Å². The van der Waals surface area contributed by atoms with Crippen molar-refractivity contribution in [3.8, 4) is 11.5 Å². The number of benzene rings is 3. The molecule has 0 aromatic heterocycles. The van der Waals surface area contributed by atoms with Crippen LogP contribution in [0, 0.1) is 0 Å². The summed E-state index contributed by atoms with van der Waals surface area (Å²) in [6.45, 7) is 1.99. The van der Waals surface area contributed by atoms with Crippen molar-refractivity contribution in [2.75, 3.05) is 12.4 Å². The van der Waals surface area contributed by atoms with Gasteiger partial charge in [-0.25, -0.2) is 4.79 Å². The fourth-order valence-electron chi connectivity index (χ4n) is 3.23. The maximum absolute atomic E-state index is 12.9. The van der Waals surface area contributed by atoms with Crippen LogP contribution in [0.1, 0.15) is 23.6 Å². The second kappa shape index (κ2) is 13.7. The summed E-state index contributed by atoms with van der Waals surface area (Å²) in [5.41, 5.74) is 2.89. The van der Waals surface area contributed by atoms with Crippen LogP contribution in [0.4, 0.5) is 10.5 Å². The molecule has 36 heavy (non-hydrogen) atoms. The first kappa shape index (κ1) is 27.3. The maximum Gasteiger partial charge on any atom is 0.408 e. The van der Waals surface area contributed by atoms with E-state index in [0.29, 0.717) is 32.7 Å². The number of halogens is 2. The number of nitrogens with one attached hydrogen (secondary N) is 2. The standard InChI is InChI=1S/C27H26Br2N2O5/c1-18(30-27(33)36-17-20-11-7-4-8-12-20)26(32)31-22-13-14-23(34-2)25(21(22)15-24(28)29)35-16-19-9-5-3-6-10-19/h3-15,18H,16-17H2,1-2H3,(H,30,33)(H,31,32)/t18-/m0/s1. The lowest BCUT2D eigenvalue weighted by molar-refractivity contribution is -0.117. The molecule has 1 atom stereocenters. The van der Waals surface area contributed by atoms with Gasteiger partial charge in [0.05, 0.1) is 16.2 Å². The Hall–Kier alpha value is -3.30. The zero-order chi connectivity index (χ0) is 25.9. The number of ether oxygens (including phenoxy) is 3. The number of hydrogen-bond donors (Lipinski definition) is 2. The van der Waals surface area contributed by atoms with Crippen LogP contribution < -0.4 is 20.1 Å². The Morgan fingerprint density at radius 1 is 0.917 bits per heavy atom. The van der Waals surface area contributed by atoms with Crippen LogP contribution in [0.2, 0.25) is 0 Å². The van der Waals surface area contributed by atoms with E-state index in [0.717, 1.165) is 11.1 Å². The fraction of sp³-hybridized carbons (Fsp3) is 0.185. The summed E-state index contributed by atoms with van der Waals surface area (Å²) in [5.74, 6) is 0.539. The van der Waals surface area contributed by atoms with Gasteiger partial charge in [0, 0.05) is 5.56 Å². The van der Waals surface area contributed by atoms with Gasteiger partial charge in [0.1, 0.15) is 19.3 Å². The molecule has 0 heterocycles. The van der Waals surface area contributed by atoms with Gasteiger partial charge in [-0.15, -0.1) is 0 Å². The van der Waals surface area contributed by atoms with Gasteiger partial charge in [-0.05, 0) is 68.1 Å². The van der Waals surface area contributed by atoms with Crippen LogP contribution in [0.5, 0.6) is 11.5 Å². The Bertz CT molecular complexity index is 1200. The second-order valence-corrected chi connectivity index (χ2v) is 10.5. The second-order valence-electron chi connectivity index (χ2n) is 7.68. The van der Waals surface area contributed by atoms with E-state index in [1.54, 1.807) is 32.2 Å². The van der Waals surface area contributed by atoms with E-state index in [4.69, 9.17) is 14.2 Å². The summed E-state index contributed by atoms with van der Waals surface area (Å²) in [4.78, 5) is 25.1. The number of hydrogen-bond acceptors (Lipinski definition) is 5. The molecular formula is C27H26Br2N2O5. The third-order valence-corrected chi connectivity index (χ3v) is 5.52. The molecule has 7 nitrogen and oxygen atoms in total. The third-order valence-electron chi connectivity index (χ3n) is 5.06. The largest absolute Gasteiger partial charge is 0.493 e. The van der Waals surface area contributed by atoms with Gasteiger partial charge in [-0.1, -0.05) is 60.7 Å². The Labute approximate surface area is 227 Å². The van der Waals surface area contributed by atoms with Crippen molar-refractivity contribution in [2.45, 2.75) is 26.2 Å². The normalized spacial score (nSPS) is 11.1. The zero-order valence-electron chi connectivity index (χ0n) is 19.8. The number of anilines is 1. The van der Waals surface area contributed by atoms with E-state index in [1.165, 1.54) is 0 Å². The maximum atomic E-state index is 12.9. The van der Waals surface area contributed by atoms with Crippen molar-refractivity contribution in [1.29, 1.82) is 0 Å². The van der Waals surface area contributed by atoms with Crippen molar-refractivity contribution < 1.29 is 23.8 Å². The first-order chi connectivity index (χ1) is 17.4. The van der Waals surface area contributed by atoms with Crippen molar-refractivity contribution in [3.63, 3.8) is 0 Å². The molecule has 3 rings (SSSR count). The SMILES string of the molecule is COc1ccc(NC(=O)[C@H](C)NC(=O)OCc2ccccc2)c(C=C(Br)Br)c1OCc1ccccc1. The fourth-order valence-corrected chi connectivity index (χ4v) is 3.69. The lowest BCUT2D eigenvalue weighted by atomic mass is 10.1.